The van der Waals surface area contributed by atoms with Crippen LogP contribution in [0.4, 0.5) is 0 Å². The predicted octanol–water partition coefficient (Wildman–Crippen LogP) is 0.253. The SMILES string of the molecule is c1noc(CCNCc2csnn2)n1. The van der Waals surface area contributed by atoms with Crippen molar-refractivity contribution in [3.8, 4) is 0 Å². The first-order valence-electron chi connectivity index (χ1n) is 4.17. The third-order valence-corrected chi connectivity index (χ3v) is 2.19. The highest BCUT2D eigenvalue weighted by atomic mass is 32.1. The summed E-state index contributed by atoms with van der Waals surface area (Å²) in [5, 5.41) is 12.5. The molecule has 2 aromatic rings. The maximum atomic E-state index is 4.84. The first-order chi connectivity index (χ1) is 6.95. The summed E-state index contributed by atoms with van der Waals surface area (Å²) in [7, 11) is 0. The van der Waals surface area contributed by atoms with E-state index in [0.29, 0.717) is 5.89 Å². The second-order valence-corrected chi connectivity index (χ2v) is 3.27. The zero-order chi connectivity index (χ0) is 9.64. The van der Waals surface area contributed by atoms with Crippen LogP contribution in [0.25, 0.3) is 0 Å². The van der Waals surface area contributed by atoms with Gasteiger partial charge in [0, 0.05) is 24.9 Å². The largest absolute Gasteiger partial charge is 0.340 e. The van der Waals surface area contributed by atoms with Crippen LogP contribution in [-0.2, 0) is 13.0 Å². The van der Waals surface area contributed by atoms with E-state index in [9.17, 15) is 0 Å². The molecule has 0 amide bonds. The molecule has 0 aliphatic carbocycles. The van der Waals surface area contributed by atoms with Crippen molar-refractivity contribution in [3.63, 3.8) is 0 Å². The van der Waals surface area contributed by atoms with Crippen LogP contribution in [0.1, 0.15) is 11.6 Å². The molecule has 0 aromatic carbocycles. The van der Waals surface area contributed by atoms with Crippen molar-refractivity contribution in [2.24, 2.45) is 0 Å². The standard InChI is InChI=1S/C7H9N5OS/c1(7-9-5-10-13-7)2-8-3-6-4-14-12-11-6/h4-5,8H,1-3H2. The van der Waals surface area contributed by atoms with Gasteiger partial charge in [0.15, 0.2) is 6.33 Å². The molecule has 2 heterocycles. The minimum Gasteiger partial charge on any atom is -0.340 e. The molecule has 74 valence electrons. The fourth-order valence-corrected chi connectivity index (χ4v) is 1.43. The van der Waals surface area contributed by atoms with E-state index in [1.165, 1.54) is 17.9 Å². The van der Waals surface area contributed by atoms with E-state index >= 15 is 0 Å². The Bertz CT molecular complexity index is 310. The maximum Gasteiger partial charge on any atom is 0.227 e. The zero-order valence-electron chi connectivity index (χ0n) is 7.38. The van der Waals surface area contributed by atoms with Gasteiger partial charge in [0.2, 0.25) is 5.89 Å². The lowest BCUT2D eigenvalue weighted by atomic mass is 10.4. The van der Waals surface area contributed by atoms with Gasteiger partial charge in [-0.1, -0.05) is 9.64 Å². The van der Waals surface area contributed by atoms with E-state index in [4.69, 9.17) is 4.52 Å². The highest BCUT2D eigenvalue weighted by Crippen LogP contribution is 1.96. The summed E-state index contributed by atoms with van der Waals surface area (Å²) in [5.74, 6) is 0.647. The minimum absolute atomic E-state index is 0.647. The fourth-order valence-electron chi connectivity index (χ4n) is 0.979. The molecule has 1 N–H and O–H groups in total. The Morgan fingerprint density at radius 2 is 2.50 bits per heavy atom. The van der Waals surface area contributed by atoms with E-state index in [-0.39, 0.29) is 0 Å². The Hall–Kier alpha value is -1.34. The van der Waals surface area contributed by atoms with E-state index < -0.39 is 0 Å². The Balaban J connectivity index is 1.65. The summed E-state index contributed by atoms with van der Waals surface area (Å²) in [6.07, 6.45) is 2.14. The Morgan fingerprint density at radius 1 is 1.50 bits per heavy atom. The molecule has 0 atom stereocenters. The van der Waals surface area contributed by atoms with Crippen molar-refractivity contribution in [2.45, 2.75) is 13.0 Å². The van der Waals surface area contributed by atoms with Gasteiger partial charge in [-0.25, -0.2) is 0 Å². The zero-order valence-corrected chi connectivity index (χ0v) is 8.20. The molecule has 0 aliphatic rings. The van der Waals surface area contributed by atoms with Gasteiger partial charge in [-0.05, 0) is 11.5 Å². The monoisotopic (exact) mass is 211 g/mol. The molecule has 6 nitrogen and oxygen atoms in total. The van der Waals surface area contributed by atoms with Crippen molar-refractivity contribution in [1.82, 2.24) is 25.0 Å². The summed E-state index contributed by atoms with van der Waals surface area (Å²) in [6.45, 7) is 1.52. The topological polar surface area (TPSA) is 76.7 Å². The Kier molecular flexibility index (Phi) is 3.15. The van der Waals surface area contributed by atoms with Gasteiger partial charge >= 0.3 is 0 Å². The van der Waals surface area contributed by atoms with E-state index in [2.05, 4.69) is 25.0 Å². The van der Waals surface area contributed by atoms with E-state index in [1.54, 1.807) is 0 Å². The molecule has 7 heteroatoms. The molecule has 0 unspecified atom stereocenters. The summed E-state index contributed by atoms with van der Waals surface area (Å²) in [4.78, 5) is 3.91. The molecule has 0 saturated carbocycles. The second-order valence-electron chi connectivity index (χ2n) is 2.66. The van der Waals surface area contributed by atoms with Gasteiger partial charge in [0.1, 0.15) is 0 Å². The van der Waals surface area contributed by atoms with Crippen LogP contribution in [-0.4, -0.2) is 26.3 Å². The van der Waals surface area contributed by atoms with Crippen LogP contribution < -0.4 is 5.32 Å². The third-order valence-electron chi connectivity index (χ3n) is 1.63. The van der Waals surface area contributed by atoms with Crippen LogP contribution >= 0.6 is 11.5 Å². The second kappa shape index (κ2) is 4.77. The van der Waals surface area contributed by atoms with Crippen LogP contribution in [0.5, 0.6) is 0 Å². The normalized spacial score (nSPS) is 10.6. The number of nitrogens with zero attached hydrogens (tertiary/aromatic N) is 4. The number of hydrogen-bond acceptors (Lipinski definition) is 7. The van der Waals surface area contributed by atoms with Crippen LogP contribution in [0.2, 0.25) is 0 Å². The van der Waals surface area contributed by atoms with Crippen molar-refractivity contribution >= 4 is 11.5 Å². The summed E-state index contributed by atoms with van der Waals surface area (Å²) in [5.41, 5.74) is 0.959. The number of hydrogen-bond donors (Lipinski definition) is 1. The number of nitrogens with one attached hydrogen (secondary N) is 1. The van der Waals surface area contributed by atoms with Crippen molar-refractivity contribution in [1.29, 1.82) is 0 Å². The van der Waals surface area contributed by atoms with Crippen molar-refractivity contribution < 1.29 is 4.52 Å². The van der Waals surface area contributed by atoms with Crippen LogP contribution in [0.3, 0.4) is 0 Å². The first kappa shape index (κ1) is 9.22. The molecule has 0 bridgehead atoms. The Labute approximate surface area is 84.5 Å². The molecule has 2 rings (SSSR count). The van der Waals surface area contributed by atoms with Gasteiger partial charge in [0.25, 0.3) is 0 Å². The predicted molar refractivity (Wildman–Crippen MR) is 49.6 cm³/mol. The molecule has 14 heavy (non-hydrogen) atoms. The average molecular weight is 211 g/mol. The molecule has 0 fully saturated rings. The van der Waals surface area contributed by atoms with Crippen LogP contribution in [0.15, 0.2) is 16.2 Å². The van der Waals surface area contributed by atoms with E-state index in [1.807, 2.05) is 5.38 Å². The molecule has 0 saturated heterocycles. The fraction of sp³-hybridized carbons (Fsp3) is 0.429. The highest BCUT2D eigenvalue weighted by molar-refractivity contribution is 7.03. The van der Waals surface area contributed by atoms with Crippen LogP contribution in [0, 0.1) is 0 Å². The van der Waals surface area contributed by atoms with Gasteiger partial charge in [0.05, 0.1) is 5.69 Å². The highest BCUT2D eigenvalue weighted by Gasteiger charge is 1.99. The maximum absolute atomic E-state index is 4.84. The molecule has 2 aromatic heterocycles. The number of rotatable bonds is 5. The molecule has 0 aliphatic heterocycles. The summed E-state index contributed by atoms with van der Waals surface area (Å²) < 4.78 is 8.61. The first-order valence-corrected chi connectivity index (χ1v) is 5.01. The van der Waals surface area contributed by atoms with Gasteiger partial charge in [-0.2, -0.15) is 4.98 Å². The molecule has 0 radical (unpaired) electrons. The lowest BCUT2D eigenvalue weighted by molar-refractivity contribution is 0.374. The van der Waals surface area contributed by atoms with Gasteiger partial charge in [-0.3, -0.25) is 0 Å². The molecular weight excluding hydrogens is 202 g/mol. The minimum atomic E-state index is 0.647. The average Bonchev–Trinajstić information content (AvgIpc) is 2.86. The van der Waals surface area contributed by atoms with Crippen molar-refractivity contribution in [3.05, 3.63) is 23.3 Å². The summed E-state index contributed by atoms with van der Waals surface area (Å²) >= 11 is 1.35. The lowest BCUT2D eigenvalue weighted by Gasteiger charge is -1.98. The molecular formula is C7H9N5OS. The third kappa shape index (κ3) is 2.57. The summed E-state index contributed by atoms with van der Waals surface area (Å²) in [6, 6.07) is 0. The smallest absolute Gasteiger partial charge is 0.227 e. The molecule has 0 spiro atoms. The Morgan fingerprint density at radius 3 is 3.21 bits per heavy atom. The lowest BCUT2D eigenvalue weighted by Crippen LogP contribution is -2.17. The van der Waals surface area contributed by atoms with Gasteiger partial charge < -0.3 is 9.84 Å². The quantitative estimate of drug-likeness (QED) is 0.714. The van der Waals surface area contributed by atoms with Crippen molar-refractivity contribution in [2.75, 3.05) is 6.54 Å². The van der Waals surface area contributed by atoms with E-state index in [0.717, 1.165) is 25.2 Å². The van der Waals surface area contributed by atoms with Gasteiger partial charge in [-0.15, -0.1) is 5.10 Å². The number of aromatic nitrogens is 4.